The van der Waals surface area contributed by atoms with Crippen molar-refractivity contribution in [1.82, 2.24) is 9.62 Å². The van der Waals surface area contributed by atoms with Crippen LogP contribution in [0.4, 0.5) is 0 Å². The topological polar surface area (TPSA) is 75.7 Å². The van der Waals surface area contributed by atoms with Gasteiger partial charge in [0.1, 0.15) is 5.75 Å². The minimum atomic E-state index is -3.42. The van der Waals surface area contributed by atoms with E-state index in [1.807, 2.05) is 18.2 Å². The maximum atomic E-state index is 12.0. The molecule has 1 rings (SSSR count). The molecule has 0 spiro atoms. The molecule has 1 amide bonds. The predicted octanol–water partition coefficient (Wildman–Crippen LogP) is 2.01. The van der Waals surface area contributed by atoms with E-state index in [9.17, 15) is 13.2 Å². The summed E-state index contributed by atoms with van der Waals surface area (Å²) in [4.78, 5) is 11.9. The second kappa shape index (κ2) is 9.64. The third-order valence-electron chi connectivity index (χ3n) is 3.64. The highest BCUT2D eigenvalue weighted by atomic mass is 32.2. The molecule has 0 unspecified atom stereocenters. The molecule has 7 heteroatoms. The molecule has 1 aromatic rings. The molecule has 24 heavy (non-hydrogen) atoms. The summed E-state index contributed by atoms with van der Waals surface area (Å²) in [6.07, 6.45) is 2.20. The van der Waals surface area contributed by atoms with Crippen molar-refractivity contribution in [2.24, 2.45) is 5.92 Å². The Bertz CT molecular complexity index is 629. The van der Waals surface area contributed by atoms with Gasteiger partial charge in [-0.05, 0) is 18.4 Å². The monoisotopic (exact) mass is 356 g/mol. The van der Waals surface area contributed by atoms with E-state index in [2.05, 4.69) is 19.2 Å². The molecule has 0 aromatic heterocycles. The molecule has 1 N–H and O–H groups in total. The van der Waals surface area contributed by atoms with Crippen LogP contribution in [-0.4, -0.2) is 45.1 Å². The summed E-state index contributed by atoms with van der Waals surface area (Å²) >= 11 is 0. The molecular weight excluding hydrogens is 328 g/mol. The number of amides is 1. The fourth-order valence-corrected chi connectivity index (χ4v) is 3.00. The van der Waals surface area contributed by atoms with Crippen LogP contribution in [0.15, 0.2) is 24.3 Å². The van der Waals surface area contributed by atoms with Crippen LogP contribution >= 0.6 is 0 Å². The van der Waals surface area contributed by atoms with E-state index in [4.69, 9.17) is 4.74 Å². The minimum absolute atomic E-state index is 0.135. The summed E-state index contributed by atoms with van der Waals surface area (Å²) in [6.45, 7) is 5.12. The van der Waals surface area contributed by atoms with Crippen LogP contribution in [0.3, 0.4) is 0 Å². The molecule has 0 aliphatic carbocycles. The van der Waals surface area contributed by atoms with Crippen molar-refractivity contribution >= 4 is 15.9 Å². The summed E-state index contributed by atoms with van der Waals surface area (Å²) in [5.74, 6) is 1.01. The van der Waals surface area contributed by atoms with Crippen LogP contribution in [0.5, 0.6) is 5.75 Å². The largest absolute Gasteiger partial charge is 0.496 e. The lowest BCUT2D eigenvalue weighted by Gasteiger charge is -2.21. The van der Waals surface area contributed by atoms with Gasteiger partial charge in [0.25, 0.3) is 0 Å². The Balaban J connectivity index is 2.66. The first kappa shape index (κ1) is 20.4. The Kier molecular flexibility index (Phi) is 8.21. The van der Waals surface area contributed by atoms with Gasteiger partial charge in [-0.25, -0.2) is 8.42 Å². The number of methoxy groups -OCH3 is 1. The van der Waals surface area contributed by atoms with Gasteiger partial charge < -0.3 is 10.1 Å². The number of carbonyl (C=O) groups excluding carboxylic acids is 1. The standard InChI is InChI=1S/C17H28N2O4S/c1-14(2)9-11-18-17(20)10-12-19(24(4,21)22)13-15-7-5-6-8-16(15)23-3/h5-8,14H,9-13H2,1-4H3,(H,18,20). The number of hydrogen-bond donors (Lipinski definition) is 1. The smallest absolute Gasteiger partial charge is 0.221 e. The van der Waals surface area contributed by atoms with Gasteiger partial charge >= 0.3 is 0 Å². The fraction of sp³-hybridized carbons (Fsp3) is 0.588. The molecule has 0 heterocycles. The van der Waals surface area contributed by atoms with E-state index in [-0.39, 0.29) is 25.4 Å². The van der Waals surface area contributed by atoms with E-state index in [1.165, 1.54) is 4.31 Å². The van der Waals surface area contributed by atoms with Crippen molar-refractivity contribution in [3.05, 3.63) is 29.8 Å². The number of nitrogens with one attached hydrogen (secondary N) is 1. The maximum absolute atomic E-state index is 12.0. The SMILES string of the molecule is COc1ccccc1CN(CCC(=O)NCCC(C)C)S(C)(=O)=O. The Labute approximate surface area is 145 Å². The van der Waals surface area contributed by atoms with Crippen molar-refractivity contribution in [2.75, 3.05) is 26.5 Å². The zero-order valence-electron chi connectivity index (χ0n) is 14.9. The molecule has 136 valence electrons. The Morgan fingerprint density at radius 2 is 1.96 bits per heavy atom. The van der Waals surface area contributed by atoms with Gasteiger partial charge in [0, 0.05) is 31.6 Å². The Morgan fingerprint density at radius 3 is 2.54 bits per heavy atom. The van der Waals surface area contributed by atoms with Gasteiger partial charge in [0.05, 0.1) is 13.4 Å². The van der Waals surface area contributed by atoms with E-state index in [0.29, 0.717) is 18.2 Å². The summed E-state index contributed by atoms with van der Waals surface area (Å²) < 4.78 is 30.6. The summed E-state index contributed by atoms with van der Waals surface area (Å²) in [5.41, 5.74) is 0.769. The molecular formula is C17H28N2O4S. The average molecular weight is 356 g/mol. The maximum Gasteiger partial charge on any atom is 0.221 e. The Morgan fingerprint density at radius 1 is 1.29 bits per heavy atom. The zero-order valence-corrected chi connectivity index (χ0v) is 15.7. The van der Waals surface area contributed by atoms with Crippen LogP contribution in [0.25, 0.3) is 0 Å². The highest BCUT2D eigenvalue weighted by Crippen LogP contribution is 2.20. The van der Waals surface area contributed by atoms with E-state index in [0.717, 1.165) is 18.2 Å². The van der Waals surface area contributed by atoms with Gasteiger partial charge in [-0.1, -0.05) is 32.0 Å². The van der Waals surface area contributed by atoms with E-state index >= 15 is 0 Å². The summed E-state index contributed by atoms with van der Waals surface area (Å²) in [5, 5.41) is 2.82. The second-order valence-corrected chi connectivity index (χ2v) is 8.17. The summed E-state index contributed by atoms with van der Waals surface area (Å²) in [7, 11) is -1.87. The van der Waals surface area contributed by atoms with Crippen molar-refractivity contribution in [3.8, 4) is 5.75 Å². The van der Waals surface area contributed by atoms with Crippen molar-refractivity contribution < 1.29 is 17.9 Å². The summed E-state index contributed by atoms with van der Waals surface area (Å²) in [6, 6.07) is 7.26. The highest BCUT2D eigenvalue weighted by molar-refractivity contribution is 7.88. The number of benzene rings is 1. The quantitative estimate of drug-likeness (QED) is 0.696. The molecule has 1 aromatic carbocycles. The van der Waals surface area contributed by atoms with E-state index < -0.39 is 10.0 Å². The molecule has 0 saturated heterocycles. The molecule has 0 fully saturated rings. The third-order valence-corrected chi connectivity index (χ3v) is 4.89. The van der Waals surface area contributed by atoms with Crippen LogP contribution in [0, 0.1) is 5.92 Å². The highest BCUT2D eigenvalue weighted by Gasteiger charge is 2.19. The molecule has 0 aliphatic heterocycles. The molecule has 0 saturated carbocycles. The molecule has 0 aliphatic rings. The van der Waals surface area contributed by atoms with Gasteiger partial charge in [0.15, 0.2) is 0 Å². The number of sulfonamides is 1. The molecule has 6 nitrogen and oxygen atoms in total. The van der Waals surface area contributed by atoms with Gasteiger partial charge in [-0.3, -0.25) is 4.79 Å². The number of nitrogens with zero attached hydrogens (tertiary/aromatic N) is 1. The number of carbonyl (C=O) groups is 1. The lowest BCUT2D eigenvalue weighted by molar-refractivity contribution is -0.121. The van der Waals surface area contributed by atoms with Gasteiger partial charge in [-0.15, -0.1) is 0 Å². The molecule has 0 radical (unpaired) electrons. The normalized spacial score (nSPS) is 11.8. The van der Waals surface area contributed by atoms with Crippen LogP contribution < -0.4 is 10.1 Å². The Hall–Kier alpha value is -1.60. The first-order valence-corrected chi connectivity index (χ1v) is 9.92. The lowest BCUT2D eigenvalue weighted by Crippen LogP contribution is -2.34. The number of ether oxygens (including phenoxy) is 1. The predicted molar refractivity (Wildman–Crippen MR) is 95.3 cm³/mol. The zero-order chi connectivity index (χ0) is 18.2. The molecule has 0 bridgehead atoms. The fourth-order valence-electron chi connectivity index (χ4n) is 2.20. The van der Waals surface area contributed by atoms with Crippen molar-refractivity contribution in [3.63, 3.8) is 0 Å². The minimum Gasteiger partial charge on any atom is -0.496 e. The molecule has 0 atom stereocenters. The number of para-hydroxylation sites is 1. The van der Waals surface area contributed by atoms with Crippen molar-refractivity contribution in [2.45, 2.75) is 33.2 Å². The average Bonchev–Trinajstić information content (AvgIpc) is 2.50. The van der Waals surface area contributed by atoms with Crippen LogP contribution in [-0.2, 0) is 21.4 Å². The van der Waals surface area contributed by atoms with Gasteiger partial charge in [0.2, 0.25) is 15.9 Å². The van der Waals surface area contributed by atoms with Crippen LogP contribution in [0.2, 0.25) is 0 Å². The first-order chi connectivity index (χ1) is 11.2. The first-order valence-electron chi connectivity index (χ1n) is 8.07. The number of hydrogen-bond acceptors (Lipinski definition) is 4. The lowest BCUT2D eigenvalue weighted by atomic mass is 10.1. The van der Waals surface area contributed by atoms with Gasteiger partial charge in [-0.2, -0.15) is 4.31 Å². The van der Waals surface area contributed by atoms with Crippen LogP contribution in [0.1, 0.15) is 32.3 Å². The van der Waals surface area contributed by atoms with Crippen molar-refractivity contribution in [1.29, 1.82) is 0 Å². The number of rotatable bonds is 10. The second-order valence-electron chi connectivity index (χ2n) is 6.19. The van der Waals surface area contributed by atoms with E-state index in [1.54, 1.807) is 13.2 Å². The third kappa shape index (κ3) is 7.31.